The molecule has 1 saturated heterocycles. The van der Waals surface area contributed by atoms with Gasteiger partial charge in [-0.05, 0) is 38.3 Å². The van der Waals surface area contributed by atoms with Crippen LogP contribution in [0.25, 0.3) is 10.4 Å². The molecule has 2 aromatic heterocycles. The SMILES string of the molecule is [CH2]COCCOc1cc(-c2scnc2C)ccc1CNC(=O)[C@@H]1C[C@@H](O)CN1C(=O)[C@H](c1cc(C)no1)C(C)C. The van der Waals surface area contributed by atoms with Crippen molar-refractivity contribution in [3.05, 3.63) is 59.4 Å². The third-order valence-electron chi connectivity index (χ3n) is 6.91. The van der Waals surface area contributed by atoms with Gasteiger partial charge in [-0.25, -0.2) is 4.98 Å². The first-order valence-corrected chi connectivity index (χ1v) is 14.3. The number of hydrogen-bond acceptors (Lipinski definition) is 9. The second-order valence-electron chi connectivity index (χ2n) is 10.3. The van der Waals surface area contributed by atoms with Gasteiger partial charge in [0.05, 0.1) is 34.5 Å². The van der Waals surface area contributed by atoms with Gasteiger partial charge in [0, 0.05) is 37.7 Å². The maximum atomic E-state index is 13.6. The molecule has 0 unspecified atom stereocenters. The van der Waals surface area contributed by atoms with Gasteiger partial charge in [-0.2, -0.15) is 0 Å². The van der Waals surface area contributed by atoms with Crippen LogP contribution >= 0.6 is 11.3 Å². The summed E-state index contributed by atoms with van der Waals surface area (Å²) in [5.41, 5.74) is 5.17. The Labute approximate surface area is 238 Å². The van der Waals surface area contributed by atoms with Gasteiger partial charge in [0.25, 0.3) is 0 Å². The Morgan fingerprint density at radius 1 is 1.27 bits per heavy atom. The van der Waals surface area contributed by atoms with Crippen molar-refractivity contribution in [3.63, 3.8) is 0 Å². The van der Waals surface area contributed by atoms with Crippen LogP contribution in [0.3, 0.4) is 0 Å². The average Bonchev–Trinajstić information content (AvgIpc) is 3.65. The molecule has 2 N–H and O–H groups in total. The van der Waals surface area contributed by atoms with Gasteiger partial charge in [0.15, 0.2) is 0 Å². The molecular weight excluding hydrogens is 532 g/mol. The van der Waals surface area contributed by atoms with Crippen LogP contribution in [0, 0.1) is 26.7 Å². The highest BCUT2D eigenvalue weighted by Crippen LogP contribution is 2.33. The normalized spacial score (nSPS) is 17.8. The number of thiazole rings is 1. The smallest absolute Gasteiger partial charge is 0.243 e. The molecule has 1 aromatic carbocycles. The fraction of sp³-hybridized carbons (Fsp3) is 0.483. The summed E-state index contributed by atoms with van der Waals surface area (Å²) in [6.45, 7) is 12.6. The maximum absolute atomic E-state index is 13.6. The van der Waals surface area contributed by atoms with E-state index in [1.807, 2.05) is 39.0 Å². The second-order valence-corrected chi connectivity index (χ2v) is 11.1. The molecule has 1 aliphatic heterocycles. The molecule has 3 atom stereocenters. The molecule has 2 amide bonds. The standard InChI is InChI=1S/C29H37N4O6S/c1-6-37-9-10-38-24-12-20(27-19(5)31-16-40-27)7-8-21(24)14-30-28(35)23-13-22(34)15-33(23)29(36)26(17(2)3)25-11-18(4)32-39-25/h7-8,11-12,16-17,22-23,26,34H,1,6,9-10,13-15H2,2-5H3,(H,30,35)/t22-,23+,26+/m1/s1. The van der Waals surface area contributed by atoms with E-state index >= 15 is 0 Å². The summed E-state index contributed by atoms with van der Waals surface area (Å²) >= 11 is 1.55. The maximum Gasteiger partial charge on any atom is 0.243 e. The highest BCUT2D eigenvalue weighted by Gasteiger charge is 2.43. The monoisotopic (exact) mass is 569 g/mol. The van der Waals surface area contributed by atoms with Crippen molar-refractivity contribution in [2.24, 2.45) is 5.92 Å². The van der Waals surface area contributed by atoms with E-state index in [1.165, 1.54) is 4.90 Å². The number of β-amino-alcohol motifs (C(OH)–C–C–N with tert-alkyl or cyclic N) is 1. The van der Waals surface area contributed by atoms with E-state index in [9.17, 15) is 14.7 Å². The van der Waals surface area contributed by atoms with Crippen LogP contribution < -0.4 is 10.1 Å². The Morgan fingerprint density at radius 3 is 2.73 bits per heavy atom. The summed E-state index contributed by atoms with van der Waals surface area (Å²) in [6.07, 6.45) is -0.634. The molecule has 215 valence electrons. The molecule has 1 radical (unpaired) electrons. The van der Waals surface area contributed by atoms with Crippen LogP contribution in [0.1, 0.15) is 48.9 Å². The van der Waals surface area contributed by atoms with Crippen molar-refractivity contribution in [2.75, 3.05) is 26.4 Å². The van der Waals surface area contributed by atoms with Crippen LogP contribution in [0.4, 0.5) is 0 Å². The number of nitrogens with one attached hydrogen (secondary N) is 1. The lowest BCUT2D eigenvalue weighted by atomic mass is 9.91. The van der Waals surface area contributed by atoms with E-state index in [-0.39, 0.29) is 37.2 Å². The summed E-state index contributed by atoms with van der Waals surface area (Å²) in [5.74, 6) is -0.215. The second kappa shape index (κ2) is 13.4. The molecule has 0 aliphatic carbocycles. The minimum atomic E-state index is -0.804. The molecule has 0 saturated carbocycles. The topological polar surface area (TPSA) is 127 Å². The zero-order chi connectivity index (χ0) is 28.8. The van der Waals surface area contributed by atoms with Crippen LogP contribution in [0.15, 0.2) is 34.3 Å². The fourth-order valence-electron chi connectivity index (χ4n) is 4.92. The molecule has 1 fully saturated rings. The molecule has 4 rings (SSSR count). The summed E-state index contributed by atoms with van der Waals surface area (Å²) in [7, 11) is 0. The number of carbonyl (C=O) groups is 2. The van der Waals surface area contributed by atoms with Gasteiger partial charge in [0.2, 0.25) is 11.8 Å². The van der Waals surface area contributed by atoms with Gasteiger partial charge in [-0.1, -0.05) is 31.1 Å². The quantitative estimate of drug-likeness (QED) is 0.317. The Bertz CT molecular complexity index is 1310. The number of aromatic nitrogens is 2. The van der Waals surface area contributed by atoms with E-state index in [0.717, 1.165) is 21.7 Å². The number of ether oxygens (including phenoxy) is 2. The number of hydrogen-bond donors (Lipinski definition) is 2. The lowest BCUT2D eigenvalue weighted by Crippen LogP contribution is -2.48. The highest BCUT2D eigenvalue weighted by atomic mass is 32.1. The lowest BCUT2D eigenvalue weighted by Gasteiger charge is -2.28. The van der Waals surface area contributed by atoms with Crippen molar-refractivity contribution >= 4 is 23.2 Å². The first kappa shape index (κ1) is 29.7. The summed E-state index contributed by atoms with van der Waals surface area (Å²) < 4.78 is 16.7. The third-order valence-corrected chi connectivity index (χ3v) is 7.89. The largest absolute Gasteiger partial charge is 0.491 e. The summed E-state index contributed by atoms with van der Waals surface area (Å²) in [4.78, 5) is 33.9. The zero-order valence-corrected chi connectivity index (χ0v) is 24.2. The molecule has 0 bridgehead atoms. The Hall–Kier alpha value is -3.28. The van der Waals surface area contributed by atoms with Crippen LogP contribution in [-0.2, 0) is 20.9 Å². The Kier molecular flexibility index (Phi) is 9.94. The number of benzene rings is 1. The number of aliphatic hydroxyl groups is 1. The van der Waals surface area contributed by atoms with Crippen molar-refractivity contribution < 1.29 is 28.7 Å². The zero-order valence-electron chi connectivity index (χ0n) is 23.4. The molecule has 3 heterocycles. The van der Waals surface area contributed by atoms with Crippen molar-refractivity contribution in [1.29, 1.82) is 0 Å². The number of carbonyl (C=O) groups excluding carboxylic acids is 2. The minimum Gasteiger partial charge on any atom is -0.491 e. The molecule has 1 aliphatic rings. The number of aryl methyl sites for hydroxylation is 2. The predicted octanol–water partition coefficient (Wildman–Crippen LogP) is 3.66. The Morgan fingerprint density at radius 2 is 2.08 bits per heavy atom. The Balaban J connectivity index is 1.49. The lowest BCUT2D eigenvalue weighted by molar-refractivity contribution is -0.141. The van der Waals surface area contributed by atoms with Gasteiger partial charge in [-0.15, -0.1) is 11.3 Å². The van der Waals surface area contributed by atoms with Gasteiger partial charge >= 0.3 is 0 Å². The molecule has 40 heavy (non-hydrogen) atoms. The van der Waals surface area contributed by atoms with E-state index in [2.05, 4.69) is 22.4 Å². The van der Waals surface area contributed by atoms with E-state index in [1.54, 1.807) is 29.8 Å². The van der Waals surface area contributed by atoms with Crippen LogP contribution in [-0.4, -0.2) is 70.5 Å². The molecule has 0 spiro atoms. The number of aliphatic hydroxyl groups excluding tert-OH is 1. The number of amides is 2. The van der Waals surface area contributed by atoms with Gasteiger partial charge in [-0.3, -0.25) is 9.59 Å². The van der Waals surface area contributed by atoms with E-state index in [4.69, 9.17) is 14.0 Å². The average molecular weight is 570 g/mol. The third kappa shape index (κ3) is 6.89. The van der Waals surface area contributed by atoms with Crippen molar-refractivity contribution in [3.8, 4) is 16.2 Å². The predicted molar refractivity (Wildman–Crippen MR) is 151 cm³/mol. The van der Waals surface area contributed by atoms with Crippen LogP contribution in [0.2, 0.25) is 0 Å². The molecule has 11 heteroatoms. The summed E-state index contributed by atoms with van der Waals surface area (Å²) in [5, 5.41) is 17.3. The fourth-order valence-corrected chi connectivity index (χ4v) is 5.72. The number of rotatable bonds is 12. The number of nitrogens with zero attached hydrogens (tertiary/aromatic N) is 3. The van der Waals surface area contributed by atoms with Crippen molar-refractivity contribution in [1.82, 2.24) is 20.4 Å². The minimum absolute atomic E-state index is 0.0802. The highest BCUT2D eigenvalue weighted by molar-refractivity contribution is 7.13. The first-order chi connectivity index (χ1) is 19.2. The summed E-state index contributed by atoms with van der Waals surface area (Å²) in [6, 6.07) is 6.77. The molecule has 10 nitrogen and oxygen atoms in total. The first-order valence-electron chi connectivity index (χ1n) is 13.4. The van der Waals surface area contributed by atoms with E-state index in [0.29, 0.717) is 37.0 Å². The van der Waals surface area contributed by atoms with Gasteiger partial charge < -0.3 is 29.3 Å². The van der Waals surface area contributed by atoms with Crippen LogP contribution in [0.5, 0.6) is 5.75 Å². The van der Waals surface area contributed by atoms with E-state index < -0.39 is 18.1 Å². The van der Waals surface area contributed by atoms with Gasteiger partial charge in [0.1, 0.15) is 30.1 Å². The number of likely N-dealkylation sites (tertiary alicyclic amines) is 1. The molecular formula is C29H37N4O6S. The molecule has 3 aromatic rings. The van der Waals surface area contributed by atoms with Crippen molar-refractivity contribution in [2.45, 2.75) is 58.7 Å².